The highest BCUT2D eigenvalue weighted by Crippen LogP contribution is 2.14. The maximum atomic E-state index is 13.8. The van der Waals surface area contributed by atoms with Crippen LogP contribution in [-0.2, 0) is 30.9 Å². The number of hydrogen-bond acceptors (Lipinski definition) is 6. The van der Waals surface area contributed by atoms with Gasteiger partial charge in [-0.2, -0.15) is 4.72 Å². The van der Waals surface area contributed by atoms with Gasteiger partial charge in [0, 0.05) is 38.3 Å². The average Bonchev–Trinajstić information content (AvgIpc) is 2.82. The van der Waals surface area contributed by atoms with E-state index in [0.29, 0.717) is 31.9 Å². The molecule has 11 heteroatoms. The molecule has 184 valence electrons. The predicted molar refractivity (Wildman–Crippen MR) is 125 cm³/mol. The number of amides is 2. The molecule has 3 N–H and O–H groups in total. The van der Waals surface area contributed by atoms with E-state index in [-0.39, 0.29) is 12.5 Å². The summed E-state index contributed by atoms with van der Waals surface area (Å²) in [5.41, 5.74) is 1.33. The van der Waals surface area contributed by atoms with Gasteiger partial charge in [-0.05, 0) is 36.8 Å². The van der Waals surface area contributed by atoms with Crippen LogP contribution in [0.25, 0.3) is 0 Å². The number of nitrogens with zero attached hydrogens (tertiary/aromatic N) is 1. The quantitative estimate of drug-likeness (QED) is 0.463. The van der Waals surface area contributed by atoms with E-state index in [1.807, 2.05) is 0 Å². The van der Waals surface area contributed by atoms with Crippen LogP contribution in [0.4, 0.5) is 10.1 Å². The van der Waals surface area contributed by atoms with Crippen molar-refractivity contribution >= 4 is 27.5 Å². The zero-order valence-corrected chi connectivity index (χ0v) is 19.7. The van der Waals surface area contributed by atoms with Crippen molar-refractivity contribution in [2.75, 3.05) is 38.2 Å². The Kier molecular flexibility index (Phi) is 9.11. The smallest absolute Gasteiger partial charge is 0.244 e. The van der Waals surface area contributed by atoms with Crippen LogP contribution in [0.3, 0.4) is 0 Å². The SMILES string of the molecule is C[C@H](NS(=O)(=O)c1ccccc1F)C(=O)NCc1cccc(NC(=O)CCN2CCOCC2)c1. The van der Waals surface area contributed by atoms with Gasteiger partial charge in [0.1, 0.15) is 10.7 Å². The summed E-state index contributed by atoms with van der Waals surface area (Å²) in [7, 11) is -4.20. The Morgan fingerprint density at radius 2 is 1.85 bits per heavy atom. The minimum atomic E-state index is -4.20. The van der Waals surface area contributed by atoms with Gasteiger partial charge in [0.15, 0.2) is 0 Å². The molecule has 1 fully saturated rings. The van der Waals surface area contributed by atoms with Crippen molar-refractivity contribution in [3.63, 3.8) is 0 Å². The van der Waals surface area contributed by atoms with Gasteiger partial charge in [0.2, 0.25) is 21.8 Å². The molecule has 0 aromatic heterocycles. The second kappa shape index (κ2) is 12.0. The molecule has 0 spiro atoms. The molecule has 1 saturated heterocycles. The fraction of sp³-hybridized carbons (Fsp3) is 0.391. The van der Waals surface area contributed by atoms with E-state index in [0.717, 1.165) is 30.8 Å². The third kappa shape index (κ3) is 7.59. The van der Waals surface area contributed by atoms with Gasteiger partial charge < -0.3 is 15.4 Å². The van der Waals surface area contributed by atoms with E-state index in [4.69, 9.17) is 4.74 Å². The number of halogens is 1. The molecule has 34 heavy (non-hydrogen) atoms. The second-order valence-electron chi connectivity index (χ2n) is 7.94. The molecular formula is C23H29FN4O5S. The van der Waals surface area contributed by atoms with Crippen molar-refractivity contribution < 1.29 is 27.1 Å². The lowest BCUT2D eigenvalue weighted by Gasteiger charge is -2.26. The molecule has 1 aliphatic rings. The Hall–Kier alpha value is -2.86. The average molecular weight is 493 g/mol. The maximum absolute atomic E-state index is 13.8. The standard InChI is InChI=1S/C23H29FN4O5S/c1-17(27-34(31,32)21-8-3-2-7-20(21)24)23(30)25-16-18-5-4-6-19(15-18)26-22(29)9-10-28-11-13-33-14-12-28/h2-8,15,17,27H,9-14,16H2,1H3,(H,25,30)(H,26,29)/t17-/m0/s1. The number of anilines is 1. The van der Waals surface area contributed by atoms with E-state index in [1.165, 1.54) is 19.1 Å². The van der Waals surface area contributed by atoms with E-state index in [9.17, 15) is 22.4 Å². The van der Waals surface area contributed by atoms with Crippen LogP contribution in [-0.4, -0.2) is 64.0 Å². The maximum Gasteiger partial charge on any atom is 0.244 e. The van der Waals surface area contributed by atoms with E-state index < -0.39 is 32.7 Å². The third-order valence-electron chi connectivity index (χ3n) is 5.29. The lowest BCUT2D eigenvalue weighted by atomic mass is 10.2. The van der Waals surface area contributed by atoms with Crippen LogP contribution in [0.1, 0.15) is 18.9 Å². The van der Waals surface area contributed by atoms with Crippen LogP contribution >= 0.6 is 0 Å². The summed E-state index contributed by atoms with van der Waals surface area (Å²) in [5, 5.41) is 5.50. The minimum absolute atomic E-state index is 0.108. The van der Waals surface area contributed by atoms with Gasteiger partial charge in [-0.3, -0.25) is 14.5 Å². The monoisotopic (exact) mass is 492 g/mol. The van der Waals surface area contributed by atoms with Crippen molar-refractivity contribution in [3.05, 3.63) is 59.9 Å². The molecule has 1 aliphatic heterocycles. The highest BCUT2D eigenvalue weighted by Gasteiger charge is 2.24. The van der Waals surface area contributed by atoms with Crippen LogP contribution in [0.2, 0.25) is 0 Å². The van der Waals surface area contributed by atoms with E-state index >= 15 is 0 Å². The van der Waals surface area contributed by atoms with Crippen molar-refractivity contribution in [1.29, 1.82) is 0 Å². The lowest BCUT2D eigenvalue weighted by Crippen LogP contribution is -2.44. The Labute approximate surface area is 198 Å². The molecule has 1 heterocycles. The molecule has 9 nitrogen and oxygen atoms in total. The number of carbonyl (C=O) groups excluding carboxylic acids is 2. The Bertz CT molecular complexity index is 1110. The Morgan fingerprint density at radius 1 is 1.12 bits per heavy atom. The van der Waals surface area contributed by atoms with E-state index in [2.05, 4.69) is 20.3 Å². The number of rotatable bonds is 10. The Balaban J connectivity index is 1.48. The van der Waals surface area contributed by atoms with Crippen LogP contribution < -0.4 is 15.4 Å². The fourth-order valence-corrected chi connectivity index (χ4v) is 4.70. The summed E-state index contributed by atoms with van der Waals surface area (Å²) in [6, 6.07) is 10.8. The second-order valence-corrected chi connectivity index (χ2v) is 9.63. The summed E-state index contributed by atoms with van der Waals surface area (Å²) < 4.78 is 46.0. The van der Waals surface area contributed by atoms with Crippen molar-refractivity contribution in [2.45, 2.75) is 30.8 Å². The van der Waals surface area contributed by atoms with Crippen molar-refractivity contribution in [3.8, 4) is 0 Å². The zero-order valence-electron chi connectivity index (χ0n) is 18.9. The first-order valence-electron chi connectivity index (χ1n) is 11.0. The van der Waals surface area contributed by atoms with E-state index in [1.54, 1.807) is 24.3 Å². The molecule has 0 radical (unpaired) electrons. The first-order chi connectivity index (χ1) is 16.2. The Morgan fingerprint density at radius 3 is 2.59 bits per heavy atom. The first kappa shape index (κ1) is 25.8. The highest BCUT2D eigenvalue weighted by molar-refractivity contribution is 7.89. The first-order valence-corrected chi connectivity index (χ1v) is 12.5. The number of carbonyl (C=O) groups is 2. The number of hydrogen-bond donors (Lipinski definition) is 3. The molecule has 0 aliphatic carbocycles. The molecule has 2 aromatic carbocycles. The van der Waals surface area contributed by atoms with Gasteiger partial charge >= 0.3 is 0 Å². The number of benzene rings is 2. The predicted octanol–water partition coefficient (Wildman–Crippen LogP) is 1.47. The topological polar surface area (TPSA) is 117 Å². The molecule has 1 atom stereocenters. The number of nitrogens with one attached hydrogen (secondary N) is 3. The summed E-state index contributed by atoms with van der Waals surface area (Å²) in [4.78, 5) is 26.3. The number of morpholine rings is 1. The van der Waals surface area contributed by atoms with Crippen molar-refractivity contribution in [1.82, 2.24) is 14.9 Å². The van der Waals surface area contributed by atoms with Gasteiger partial charge in [0.05, 0.1) is 19.3 Å². The van der Waals surface area contributed by atoms with Crippen LogP contribution in [0, 0.1) is 5.82 Å². The molecule has 0 bridgehead atoms. The molecular weight excluding hydrogens is 463 g/mol. The van der Waals surface area contributed by atoms with Gasteiger partial charge in [-0.15, -0.1) is 0 Å². The summed E-state index contributed by atoms with van der Waals surface area (Å²) >= 11 is 0. The van der Waals surface area contributed by atoms with Gasteiger partial charge in [-0.25, -0.2) is 12.8 Å². The zero-order chi connectivity index (χ0) is 24.6. The van der Waals surface area contributed by atoms with Crippen molar-refractivity contribution in [2.24, 2.45) is 0 Å². The number of ether oxygens (including phenoxy) is 1. The van der Waals surface area contributed by atoms with Crippen LogP contribution in [0.5, 0.6) is 0 Å². The normalized spacial score (nSPS) is 15.5. The molecule has 0 unspecified atom stereocenters. The summed E-state index contributed by atoms with van der Waals surface area (Å²) in [6.07, 6.45) is 0.362. The summed E-state index contributed by atoms with van der Waals surface area (Å²) in [6.45, 7) is 5.15. The molecule has 0 saturated carbocycles. The van der Waals surface area contributed by atoms with Gasteiger partial charge in [0.25, 0.3) is 0 Å². The third-order valence-corrected chi connectivity index (χ3v) is 6.86. The van der Waals surface area contributed by atoms with Gasteiger partial charge in [-0.1, -0.05) is 24.3 Å². The molecule has 3 rings (SSSR count). The summed E-state index contributed by atoms with van der Waals surface area (Å²) in [5.74, 6) is -1.57. The molecule has 2 aromatic rings. The molecule has 2 amide bonds. The minimum Gasteiger partial charge on any atom is -0.379 e. The highest BCUT2D eigenvalue weighted by atomic mass is 32.2. The largest absolute Gasteiger partial charge is 0.379 e. The van der Waals surface area contributed by atoms with Crippen LogP contribution in [0.15, 0.2) is 53.4 Å². The lowest BCUT2D eigenvalue weighted by molar-refractivity contribution is -0.122. The fourth-order valence-electron chi connectivity index (χ4n) is 3.42. The number of sulfonamides is 1.